The van der Waals surface area contributed by atoms with Crippen LogP contribution < -0.4 is 15.4 Å². The Morgan fingerprint density at radius 1 is 1.03 bits per heavy atom. The average Bonchev–Trinajstić information content (AvgIpc) is 2.86. The lowest BCUT2D eigenvalue weighted by Crippen LogP contribution is -2.62. The molecule has 34 heavy (non-hydrogen) atoms. The third kappa shape index (κ3) is 5.36. The normalized spacial score (nSPS) is 17.7. The molecule has 1 unspecified atom stereocenters. The molecule has 0 aliphatic carbocycles. The van der Waals surface area contributed by atoms with Crippen LogP contribution in [0.3, 0.4) is 0 Å². The van der Waals surface area contributed by atoms with E-state index in [0.717, 1.165) is 24.2 Å². The Labute approximate surface area is 198 Å². The largest absolute Gasteiger partial charge is 0.497 e. The van der Waals surface area contributed by atoms with Crippen molar-refractivity contribution >= 4 is 29.3 Å². The first-order chi connectivity index (χ1) is 16.4. The van der Waals surface area contributed by atoms with E-state index in [1.165, 1.54) is 4.90 Å². The summed E-state index contributed by atoms with van der Waals surface area (Å²) in [5, 5.41) is 5.58. The van der Waals surface area contributed by atoms with Gasteiger partial charge in [-0.2, -0.15) is 0 Å². The predicted octanol–water partition coefficient (Wildman–Crippen LogP) is 1.79. The minimum Gasteiger partial charge on any atom is -0.497 e. The predicted molar refractivity (Wildman–Crippen MR) is 125 cm³/mol. The van der Waals surface area contributed by atoms with Crippen molar-refractivity contribution in [3.8, 4) is 5.75 Å². The van der Waals surface area contributed by atoms with Crippen molar-refractivity contribution in [2.24, 2.45) is 0 Å². The molecule has 9 heteroatoms. The molecule has 2 heterocycles. The van der Waals surface area contributed by atoms with E-state index in [1.807, 2.05) is 24.3 Å². The number of amides is 4. The van der Waals surface area contributed by atoms with Crippen LogP contribution in [0.15, 0.2) is 48.5 Å². The van der Waals surface area contributed by atoms with Crippen LogP contribution >= 0.6 is 0 Å². The van der Waals surface area contributed by atoms with Crippen molar-refractivity contribution in [2.75, 3.05) is 32.1 Å². The molecule has 2 N–H and O–H groups in total. The van der Waals surface area contributed by atoms with Gasteiger partial charge in [-0.3, -0.25) is 19.2 Å². The number of nitrogens with one attached hydrogen (secondary N) is 2. The fourth-order valence-electron chi connectivity index (χ4n) is 4.27. The molecule has 0 bridgehead atoms. The lowest BCUT2D eigenvalue weighted by molar-refractivity contribution is -0.158. The minimum atomic E-state index is -0.446. The Bertz CT molecular complexity index is 1070. The highest BCUT2D eigenvalue weighted by Crippen LogP contribution is 2.23. The summed E-state index contributed by atoms with van der Waals surface area (Å²) in [6.07, 6.45) is 2.45. The number of carbonyl (C=O) groups is 4. The number of ether oxygens (including phenoxy) is 1. The summed E-state index contributed by atoms with van der Waals surface area (Å²) < 4.78 is 5.12. The lowest BCUT2D eigenvalue weighted by atomic mass is 9.98. The van der Waals surface area contributed by atoms with Gasteiger partial charge in [0.25, 0.3) is 5.91 Å². The van der Waals surface area contributed by atoms with E-state index >= 15 is 0 Å². The number of carbonyl (C=O) groups excluding carboxylic acids is 4. The number of benzene rings is 2. The molecule has 9 nitrogen and oxygen atoms in total. The summed E-state index contributed by atoms with van der Waals surface area (Å²) >= 11 is 0. The molecule has 0 spiro atoms. The van der Waals surface area contributed by atoms with Gasteiger partial charge < -0.3 is 25.2 Å². The third-order valence-corrected chi connectivity index (χ3v) is 6.12. The summed E-state index contributed by atoms with van der Waals surface area (Å²) in [4.78, 5) is 52.9. The first-order valence-electron chi connectivity index (χ1n) is 11.3. The third-order valence-electron chi connectivity index (χ3n) is 6.12. The van der Waals surface area contributed by atoms with Gasteiger partial charge in [-0.1, -0.05) is 12.1 Å². The molecule has 2 saturated heterocycles. The first kappa shape index (κ1) is 23.3. The zero-order valence-corrected chi connectivity index (χ0v) is 19.1. The van der Waals surface area contributed by atoms with Crippen molar-refractivity contribution in [3.05, 3.63) is 59.7 Å². The van der Waals surface area contributed by atoms with Crippen molar-refractivity contribution in [1.29, 1.82) is 0 Å². The molecule has 0 aromatic heterocycles. The molecule has 1 atom stereocenters. The second kappa shape index (κ2) is 10.4. The van der Waals surface area contributed by atoms with Crippen molar-refractivity contribution < 1.29 is 23.9 Å². The van der Waals surface area contributed by atoms with Gasteiger partial charge in [0, 0.05) is 24.3 Å². The number of anilines is 1. The van der Waals surface area contributed by atoms with E-state index in [1.54, 1.807) is 36.3 Å². The van der Waals surface area contributed by atoms with Crippen molar-refractivity contribution in [2.45, 2.75) is 31.8 Å². The fraction of sp³-hybridized carbons (Fsp3) is 0.360. The zero-order chi connectivity index (χ0) is 24.1. The first-order valence-corrected chi connectivity index (χ1v) is 11.3. The van der Waals surface area contributed by atoms with Gasteiger partial charge in [0.1, 0.15) is 24.9 Å². The Kier molecular flexibility index (Phi) is 7.10. The number of piperazine rings is 1. The van der Waals surface area contributed by atoms with Crippen LogP contribution in [0.25, 0.3) is 0 Å². The summed E-state index contributed by atoms with van der Waals surface area (Å²) in [5.41, 5.74) is 1.91. The highest BCUT2D eigenvalue weighted by molar-refractivity contribution is 6.00. The number of fused-ring (bicyclic) bond motifs is 1. The average molecular weight is 465 g/mol. The topological polar surface area (TPSA) is 108 Å². The summed E-state index contributed by atoms with van der Waals surface area (Å²) in [7, 11) is 1.60. The van der Waals surface area contributed by atoms with Gasteiger partial charge in [0.15, 0.2) is 0 Å². The standard InChI is InChI=1S/C25H28N4O5/c1-34-20-11-5-17(6-12-20)14-26-24(32)18-7-9-19(10-8-18)27-22(30)15-28-16-23(31)29-13-3-2-4-21(29)25(28)33/h5-12,21H,2-4,13-16H2,1H3,(H,26,32)(H,27,30). The summed E-state index contributed by atoms with van der Waals surface area (Å²) in [5.74, 6) is -0.148. The summed E-state index contributed by atoms with van der Waals surface area (Å²) in [6.45, 7) is 0.729. The molecule has 4 amide bonds. The molecule has 2 aromatic carbocycles. The molecule has 2 aliphatic rings. The molecule has 4 rings (SSSR count). The molecular formula is C25H28N4O5. The molecule has 2 aromatic rings. The molecule has 0 radical (unpaired) electrons. The molecular weight excluding hydrogens is 436 g/mol. The zero-order valence-electron chi connectivity index (χ0n) is 19.1. The van der Waals surface area contributed by atoms with E-state index in [9.17, 15) is 19.2 Å². The van der Waals surface area contributed by atoms with Gasteiger partial charge in [0.05, 0.1) is 7.11 Å². The van der Waals surface area contributed by atoms with Crippen LogP contribution in [-0.2, 0) is 20.9 Å². The quantitative estimate of drug-likeness (QED) is 0.650. The fourth-order valence-corrected chi connectivity index (χ4v) is 4.27. The number of methoxy groups -OCH3 is 1. The number of rotatable bonds is 7. The number of hydrogen-bond acceptors (Lipinski definition) is 5. The second-order valence-electron chi connectivity index (χ2n) is 8.45. The maximum Gasteiger partial charge on any atom is 0.251 e. The molecule has 2 fully saturated rings. The van der Waals surface area contributed by atoms with Gasteiger partial charge in [-0.15, -0.1) is 0 Å². The smallest absolute Gasteiger partial charge is 0.251 e. The van der Waals surface area contributed by atoms with Gasteiger partial charge >= 0.3 is 0 Å². The van der Waals surface area contributed by atoms with Crippen molar-refractivity contribution in [1.82, 2.24) is 15.1 Å². The number of hydrogen-bond donors (Lipinski definition) is 2. The Balaban J connectivity index is 1.28. The SMILES string of the molecule is COc1ccc(CNC(=O)c2ccc(NC(=O)CN3CC(=O)N4CCCCC4C3=O)cc2)cc1. The maximum atomic E-state index is 12.7. The Morgan fingerprint density at radius 2 is 1.76 bits per heavy atom. The molecule has 0 saturated carbocycles. The number of piperidine rings is 1. The van der Waals surface area contributed by atoms with Crippen LogP contribution in [0.2, 0.25) is 0 Å². The van der Waals surface area contributed by atoms with Gasteiger partial charge in [0.2, 0.25) is 17.7 Å². The number of nitrogens with zero attached hydrogens (tertiary/aromatic N) is 2. The highest BCUT2D eigenvalue weighted by Gasteiger charge is 2.40. The van der Waals surface area contributed by atoms with E-state index in [4.69, 9.17) is 4.74 Å². The molecule has 178 valence electrons. The van der Waals surface area contributed by atoms with E-state index in [2.05, 4.69) is 10.6 Å². The molecule has 2 aliphatic heterocycles. The van der Waals surface area contributed by atoms with Crippen molar-refractivity contribution in [3.63, 3.8) is 0 Å². The lowest BCUT2D eigenvalue weighted by Gasteiger charge is -2.42. The Morgan fingerprint density at radius 3 is 2.47 bits per heavy atom. The summed E-state index contributed by atoms with van der Waals surface area (Å²) in [6, 6.07) is 13.5. The maximum absolute atomic E-state index is 12.7. The monoisotopic (exact) mass is 464 g/mol. The van der Waals surface area contributed by atoms with Gasteiger partial charge in [-0.25, -0.2) is 0 Å². The minimum absolute atomic E-state index is 0.0734. The van der Waals surface area contributed by atoms with E-state index < -0.39 is 6.04 Å². The van der Waals surface area contributed by atoms with E-state index in [-0.39, 0.29) is 36.7 Å². The van der Waals surface area contributed by atoms with Crippen LogP contribution in [0.1, 0.15) is 35.2 Å². The van der Waals surface area contributed by atoms with Crippen LogP contribution in [0.4, 0.5) is 5.69 Å². The second-order valence-corrected chi connectivity index (χ2v) is 8.45. The Hall–Kier alpha value is -3.88. The van der Waals surface area contributed by atoms with Gasteiger partial charge in [-0.05, 0) is 61.2 Å². The van der Waals surface area contributed by atoms with Crippen LogP contribution in [-0.4, -0.2) is 66.2 Å². The highest BCUT2D eigenvalue weighted by atomic mass is 16.5. The van der Waals surface area contributed by atoms with E-state index in [0.29, 0.717) is 30.8 Å². The van der Waals surface area contributed by atoms with Crippen LogP contribution in [0.5, 0.6) is 5.75 Å². The van der Waals surface area contributed by atoms with Crippen LogP contribution in [0, 0.1) is 0 Å².